The molecule has 0 radical (unpaired) electrons. The topological polar surface area (TPSA) is 32.1 Å². The Morgan fingerprint density at radius 3 is 2.20 bits per heavy atom. The van der Waals surface area contributed by atoms with E-state index in [4.69, 9.17) is 0 Å². The van der Waals surface area contributed by atoms with Crippen molar-refractivity contribution in [3.8, 4) is 0 Å². The smallest absolute Gasteiger partial charge is 0.0952 e. The summed E-state index contributed by atoms with van der Waals surface area (Å²) in [6.45, 7) is 7.29. The van der Waals surface area contributed by atoms with Crippen molar-refractivity contribution in [2.75, 3.05) is 13.1 Å². The van der Waals surface area contributed by atoms with Crippen LogP contribution in [0.2, 0.25) is 0 Å². The molecule has 1 aliphatic heterocycles. The standard InChI is InChI=1S/C8H18N2/c1-7(2)10-5-3-8(9)4-6-10/h7-8H,3-6,9H2,1-2H3/p+2. The number of hydrogen-bond acceptors (Lipinski definition) is 0. The molecule has 2 nitrogen and oxygen atoms in total. The Bertz CT molecular complexity index is 93.4. The maximum absolute atomic E-state index is 4.08. The van der Waals surface area contributed by atoms with Gasteiger partial charge in [-0.2, -0.15) is 0 Å². The Morgan fingerprint density at radius 1 is 1.30 bits per heavy atom. The van der Waals surface area contributed by atoms with E-state index < -0.39 is 0 Å². The van der Waals surface area contributed by atoms with Crippen LogP contribution in [-0.2, 0) is 0 Å². The Balaban J connectivity index is 2.26. The summed E-state index contributed by atoms with van der Waals surface area (Å²) in [4.78, 5) is 1.76. The molecule has 4 N–H and O–H groups in total. The third-order valence-electron chi connectivity index (χ3n) is 2.56. The summed E-state index contributed by atoms with van der Waals surface area (Å²) in [6.07, 6.45) is 2.65. The number of likely N-dealkylation sites (tertiary alicyclic amines) is 1. The lowest BCUT2D eigenvalue weighted by Crippen LogP contribution is -3.16. The zero-order valence-corrected chi connectivity index (χ0v) is 7.19. The highest BCUT2D eigenvalue weighted by molar-refractivity contribution is 4.57. The van der Waals surface area contributed by atoms with Crippen LogP contribution in [0.15, 0.2) is 0 Å². The summed E-state index contributed by atoms with van der Waals surface area (Å²) in [5.41, 5.74) is 4.08. The van der Waals surface area contributed by atoms with Gasteiger partial charge in [-0.05, 0) is 13.8 Å². The van der Waals surface area contributed by atoms with Crippen LogP contribution in [0.25, 0.3) is 0 Å². The number of piperidine rings is 1. The molecule has 0 aromatic rings. The van der Waals surface area contributed by atoms with Crippen LogP contribution < -0.4 is 10.6 Å². The summed E-state index contributed by atoms with van der Waals surface area (Å²) in [5, 5.41) is 0. The molecule has 1 heterocycles. The van der Waals surface area contributed by atoms with Gasteiger partial charge < -0.3 is 10.6 Å². The molecule has 0 aromatic heterocycles. The molecule has 0 amide bonds. The average molecular weight is 144 g/mol. The van der Waals surface area contributed by atoms with Crippen LogP contribution in [0.1, 0.15) is 26.7 Å². The lowest BCUT2D eigenvalue weighted by Gasteiger charge is -2.28. The van der Waals surface area contributed by atoms with E-state index in [1.54, 1.807) is 4.90 Å². The molecule has 10 heavy (non-hydrogen) atoms. The predicted molar refractivity (Wildman–Crippen MR) is 41.7 cm³/mol. The van der Waals surface area contributed by atoms with E-state index in [0.29, 0.717) is 0 Å². The van der Waals surface area contributed by atoms with Crippen molar-refractivity contribution in [2.24, 2.45) is 0 Å². The lowest BCUT2D eigenvalue weighted by atomic mass is 10.1. The lowest BCUT2D eigenvalue weighted by molar-refractivity contribution is -0.929. The molecule has 0 aliphatic carbocycles. The quantitative estimate of drug-likeness (QED) is 0.458. The molecular weight excluding hydrogens is 124 g/mol. The van der Waals surface area contributed by atoms with Gasteiger partial charge in [-0.15, -0.1) is 0 Å². The zero-order valence-electron chi connectivity index (χ0n) is 7.19. The predicted octanol–water partition coefficient (Wildman–Crippen LogP) is -1.32. The molecule has 0 atom stereocenters. The van der Waals surface area contributed by atoms with E-state index in [-0.39, 0.29) is 0 Å². The fourth-order valence-electron chi connectivity index (χ4n) is 1.63. The molecule has 1 saturated heterocycles. The minimum atomic E-state index is 0.738. The monoisotopic (exact) mass is 144 g/mol. The Morgan fingerprint density at radius 2 is 1.80 bits per heavy atom. The molecule has 0 spiro atoms. The summed E-state index contributed by atoms with van der Waals surface area (Å²) >= 11 is 0. The van der Waals surface area contributed by atoms with Crippen LogP contribution in [0, 0.1) is 0 Å². The molecule has 2 heteroatoms. The van der Waals surface area contributed by atoms with Crippen molar-refractivity contribution in [3.05, 3.63) is 0 Å². The number of quaternary nitrogens is 2. The minimum Gasteiger partial charge on any atom is -0.355 e. The minimum absolute atomic E-state index is 0.738. The zero-order chi connectivity index (χ0) is 7.56. The first-order chi connectivity index (χ1) is 4.70. The molecule has 0 unspecified atom stereocenters. The van der Waals surface area contributed by atoms with Crippen LogP contribution in [0.5, 0.6) is 0 Å². The molecule has 0 saturated carbocycles. The van der Waals surface area contributed by atoms with Gasteiger partial charge in [0.25, 0.3) is 0 Å². The number of rotatable bonds is 1. The molecule has 60 valence electrons. The van der Waals surface area contributed by atoms with Crippen molar-refractivity contribution in [3.63, 3.8) is 0 Å². The highest BCUT2D eigenvalue weighted by Crippen LogP contribution is 1.92. The van der Waals surface area contributed by atoms with E-state index in [9.17, 15) is 0 Å². The first kappa shape index (κ1) is 8.02. The third kappa shape index (κ3) is 1.96. The summed E-state index contributed by atoms with van der Waals surface area (Å²) in [5.74, 6) is 0. The van der Waals surface area contributed by atoms with E-state index in [1.165, 1.54) is 25.9 Å². The van der Waals surface area contributed by atoms with Crippen molar-refractivity contribution >= 4 is 0 Å². The SMILES string of the molecule is CC(C)[NH+]1CCC([NH3+])CC1. The molecule has 1 rings (SSSR count). The van der Waals surface area contributed by atoms with Crippen LogP contribution in [0.4, 0.5) is 0 Å². The maximum Gasteiger partial charge on any atom is 0.0952 e. The third-order valence-corrected chi connectivity index (χ3v) is 2.56. The van der Waals surface area contributed by atoms with Gasteiger partial charge in [-0.1, -0.05) is 0 Å². The Kier molecular flexibility index (Phi) is 2.69. The van der Waals surface area contributed by atoms with E-state index >= 15 is 0 Å². The Hall–Kier alpha value is -0.0800. The van der Waals surface area contributed by atoms with Crippen molar-refractivity contribution in [1.29, 1.82) is 0 Å². The van der Waals surface area contributed by atoms with Crippen LogP contribution in [0.3, 0.4) is 0 Å². The van der Waals surface area contributed by atoms with Gasteiger partial charge in [0.1, 0.15) is 0 Å². The Labute approximate surface area is 63.4 Å². The van der Waals surface area contributed by atoms with Gasteiger partial charge >= 0.3 is 0 Å². The summed E-state index contributed by atoms with van der Waals surface area (Å²) in [7, 11) is 0. The molecule has 1 fully saturated rings. The second kappa shape index (κ2) is 3.35. The van der Waals surface area contributed by atoms with Crippen LogP contribution in [-0.4, -0.2) is 25.2 Å². The highest BCUT2D eigenvalue weighted by Gasteiger charge is 2.22. The van der Waals surface area contributed by atoms with Gasteiger partial charge in [0, 0.05) is 12.8 Å². The van der Waals surface area contributed by atoms with Gasteiger partial charge in [-0.3, -0.25) is 0 Å². The second-order valence-corrected chi connectivity index (χ2v) is 3.76. The second-order valence-electron chi connectivity index (χ2n) is 3.76. The van der Waals surface area contributed by atoms with Gasteiger partial charge in [-0.25, -0.2) is 0 Å². The molecule has 0 bridgehead atoms. The van der Waals surface area contributed by atoms with E-state index in [2.05, 4.69) is 19.6 Å². The fourth-order valence-corrected chi connectivity index (χ4v) is 1.63. The van der Waals surface area contributed by atoms with Crippen LogP contribution >= 0.6 is 0 Å². The van der Waals surface area contributed by atoms with Crippen molar-refractivity contribution in [2.45, 2.75) is 38.8 Å². The summed E-state index contributed by atoms with van der Waals surface area (Å²) in [6, 6.07) is 1.55. The maximum atomic E-state index is 4.08. The van der Waals surface area contributed by atoms with E-state index in [1.807, 2.05) is 0 Å². The summed E-state index contributed by atoms with van der Waals surface area (Å²) < 4.78 is 0. The average Bonchev–Trinajstić information content (AvgIpc) is 1.88. The van der Waals surface area contributed by atoms with Crippen molar-refractivity contribution in [1.82, 2.24) is 0 Å². The molecule has 1 aliphatic rings. The first-order valence-electron chi connectivity index (χ1n) is 4.38. The largest absolute Gasteiger partial charge is 0.355 e. The number of nitrogens with one attached hydrogen (secondary N) is 1. The molecule has 0 aromatic carbocycles. The van der Waals surface area contributed by atoms with Gasteiger partial charge in [0.05, 0.1) is 25.2 Å². The fraction of sp³-hybridized carbons (Fsp3) is 1.00. The highest BCUT2D eigenvalue weighted by atomic mass is 15.2. The van der Waals surface area contributed by atoms with Crippen molar-refractivity contribution < 1.29 is 10.6 Å². The van der Waals surface area contributed by atoms with Gasteiger partial charge in [0.15, 0.2) is 0 Å². The molecular formula is C8H20N2+2. The van der Waals surface area contributed by atoms with E-state index in [0.717, 1.165) is 12.1 Å². The first-order valence-corrected chi connectivity index (χ1v) is 4.38. The van der Waals surface area contributed by atoms with Gasteiger partial charge in [0.2, 0.25) is 0 Å². The normalized spacial score (nSPS) is 34.8. The number of hydrogen-bond donors (Lipinski definition) is 2.